The maximum Gasteiger partial charge on any atom is 0.220 e. The fourth-order valence-electron chi connectivity index (χ4n) is 1.93. The number of benzene rings is 1. The summed E-state index contributed by atoms with van der Waals surface area (Å²) in [6.07, 6.45) is 0. The topological polar surface area (TPSA) is 33.0 Å². The van der Waals surface area contributed by atoms with Crippen LogP contribution in [0.4, 0.5) is 0 Å². The number of nitrogens with zero attached hydrogens (tertiary/aromatic N) is 1. The second-order valence-electron chi connectivity index (χ2n) is 5.38. The van der Waals surface area contributed by atoms with Crippen LogP contribution in [0.25, 0.3) is 0 Å². The first-order valence-electron chi connectivity index (χ1n) is 5.46. The molecule has 3 heteroatoms. The summed E-state index contributed by atoms with van der Waals surface area (Å²) in [5.41, 5.74) is 0.571. The van der Waals surface area contributed by atoms with Crippen molar-refractivity contribution < 1.29 is 4.43 Å². The fourth-order valence-corrected chi connectivity index (χ4v) is 4.85. The van der Waals surface area contributed by atoms with E-state index in [2.05, 4.69) is 39.9 Å². The average molecular weight is 233 g/mol. The van der Waals surface area contributed by atoms with Gasteiger partial charge in [-0.25, -0.2) is 0 Å². The zero-order valence-corrected chi connectivity index (χ0v) is 11.7. The van der Waals surface area contributed by atoms with Crippen LogP contribution < -0.4 is 5.19 Å². The van der Waals surface area contributed by atoms with Crippen molar-refractivity contribution in [3.05, 3.63) is 29.8 Å². The predicted molar refractivity (Wildman–Crippen MR) is 69.1 cm³/mol. The average Bonchev–Trinajstić information content (AvgIpc) is 2.14. The second-order valence-corrected chi connectivity index (χ2v) is 9.15. The van der Waals surface area contributed by atoms with Crippen LogP contribution in [-0.2, 0) is 4.43 Å². The number of hydrogen-bond acceptors (Lipinski definition) is 2. The summed E-state index contributed by atoms with van der Waals surface area (Å²) in [6, 6.07) is 9.97. The van der Waals surface area contributed by atoms with Gasteiger partial charge in [-0.1, -0.05) is 18.2 Å². The van der Waals surface area contributed by atoms with Crippen molar-refractivity contribution in [2.24, 2.45) is 0 Å². The molecule has 0 bridgehead atoms. The molecular weight excluding hydrogens is 214 g/mol. The summed E-state index contributed by atoms with van der Waals surface area (Å²) in [4.78, 5) is 0. The van der Waals surface area contributed by atoms with E-state index < -0.39 is 8.32 Å². The van der Waals surface area contributed by atoms with Gasteiger partial charge in [0.2, 0.25) is 8.32 Å². The summed E-state index contributed by atoms with van der Waals surface area (Å²) in [5.74, 6) is 0. The van der Waals surface area contributed by atoms with E-state index in [1.807, 2.05) is 24.3 Å². The Balaban J connectivity index is 3.12. The molecule has 0 heterocycles. The molecule has 0 N–H and O–H groups in total. The largest absolute Gasteiger partial charge is 0.408 e. The molecule has 1 aromatic rings. The minimum atomic E-state index is -2.00. The van der Waals surface area contributed by atoms with E-state index in [1.54, 1.807) is 0 Å². The molecule has 0 radical (unpaired) electrons. The zero-order chi connectivity index (χ0) is 12.4. The Bertz CT molecular complexity index is 413. The lowest BCUT2D eigenvalue weighted by Gasteiger charge is -2.33. The Morgan fingerprint density at radius 3 is 2.25 bits per heavy atom. The van der Waals surface area contributed by atoms with Gasteiger partial charge < -0.3 is 4.43 Å². The van der Waals surface area contributed by atoms with Crippen LogP contribution in [0.3, 0.4) is 0 Å². The first kappa shape index (κ1) is 13.0. The highest BCUT2D eigenvalue weighted by Crippen LogP contribution is 2.17. The Hall–Kier alpha value is -1.11. The lowest BCUT2D eigenvalue weighted by Crippen LogP contribution is -2.50. The van der Waals surface area contributed by atoms with Gasteiger partial charge in [-0.3, -0.25) is 0 Å². The van der Waals surface area contributed by atoms with Crippen molar-refractivity contribution in [3.63, 3.8) is 0 Å². The van der Waals surface area contributed by atoms with Crippen LogP contribution in [-0.4, -0.2) is 13.9 Å². The van der Waals surface area contributed by atoms with E-state index in [-0.39, 0.29) is 5.60 Å². The highest BCUT2D eigenvalue weighted by Gasteiger charge is 2.32. The highest BCUT2D eigenvalue weighted by atomic mass is 28.4. The molecule has 0 saturated carbocycles. The first-order valence-corrected chi connectivity index (χ1v) is 8.37. The van der Waals surface area contributed by atoms with E-state index in [1.165, 1.54) is 0 Å². The summed E-state index contributed by atoms with van der Waals surface area (Å²) < 4.78 is 6.14. The summed E-state index contributed by atoms with van der Waals surface area (Å²) in [5, 5.41) is 10.2. The van der Waals surface area contributed by atoms with Crippen LogP contribution >= 0.6 is 0 Å². The Kier molecular flexibility index (Phi) is 3.56. The molecule has 0 saturated heterocycles. The molecular formula is C13H19NOSi. The van der Waals surface area contributed by atoms with Crippen LogP contribution in [0.5, 0.6) is 0 Å². The quantitative estimate of drug-likeness (QED) is 0.736. The molecule has 0 atom stereocenters. The van der Waals surface area contributed by atoms with E-state index in [0.717, 1.165) is 10.8 Å². The second kappa shape index (κ2) is 4.40. The molecule has 2 nitrogen and oxygen atoms in total. The SMILES string of the molecule is CC(C)(C)O[Si](C)(C)c1ccccc1C#N. The maximum atomic E-state index is 9.10. The van der Waals surface area contributed by atoms with Gasteiger partial charge in [-0.2, -0.15) is 5.26 Å². The van der Waals surface area contributed by atoms with Crippen LogP contribution in [0.15, 0.2) is 24.3 Å². The molecule has 0 amide bonds. The first-order chi connectivity index (χ1) is 7.26. The highest BCUT2D eigenvalue weighted by molar-refractivity contribution is 6.84. The minimum absolute atomic E-state index is 0.168. The monoisotopic (exact) mass is 233 g/mol. The van der Waals surface area contributed by atoms with Gasteiger partial charge >= 0.3 is 0 Å². The fraction of sp³-hybridized carbons (Fsp3) is 0.462. The van der Waals surface area contributed by atoms with Gasteiger partial charge in [0.1, 0.15) is 0 Å². The third kappa shape index (κ3) is 3.19. The van der Waals surface area contributed by atoms with Crippen molar-refractivity contribution in [3.8, 4) is 6.07 Å². The van der Waals surface area contributed by atoms with E-state index in [0.29, 0.717) is 0 Å². The molecule has 16 heavy (non-hydrogen) atoms. The molecule has 86 valence electrons. The van der Waals surface area contributed by atoms with Gasteiger partial charge in [0.25, 0.3) is 0 Å². The Morgan fingerprint density at radius 2 is 1.75 bits per heavy atom. The third-order valence-corrected chi connectivity index (χ3v) is 5.11. The van der Waals surface area contributed by atoms with Crippen molar-refractivity contribution in [1.82, 2.24) is 0 Å². The zero-order valence-electron chi connectivity index (χ0n) is 10.7. The number of hydrogen-bond donors (Lipinski definition) is 0. The van der Waals surface area contributed by atoms with E-state index in [9.17, 15) is 0 Å². The van der Waals surface area contributed by atoms with Crippen molar-refractivity contribution in [2.45, 2.75) is 39.5 Å². The van der Waals surface area contributed by atoms with E-state index in [4.69, 9.17) is 9.69 Å². The lowest BCUT2D eigenvalue weighted by molar-refractivity contribution is 0.125. The molecule has 1 aromatic carbocycles. The molecule has 1 rings (SSSR count). The lowest BCUT2D eigenvalue weighted by atomic mass is 10.2. The molecule has 0 unspecified atom stereocenters. The Labute approximate surface area is 99.0 Å². The van der Waals surface area contributed by atoms with Crippen molar-refractivity contribution in [2.75, 3.05) is 0 Å². The molecule has 0 aliphatic rings. The van der Waals surface area contributed by atoms with Gasteiger partial charge in [-0.15, -0.1) is 0 Å². The van der Waals surface area contributed by atoms with Gasteiger partial charge in [0, 0.05) is 5.60 Å². The van der Waals surface area contributed by atoms with Gasteiger partial charge in [0.15, 0.2) is 0 Å². The van der Waals surface area contributed by atoms with E-state index >= 15 is 0 Å². The normalized spacial score (nSPS) is 12.2. The number of nitriles is 1. The van der Waals surface area contributed by atoms with Crippen LogP contribution in [0.2, 0.25) is 13.1 Å². The summed E-state index contributed by atoms with van der Waals surface area (Å²) in [6.45, 7) is 10.4. The molecule has 0 aliphatic carbocycles. The van der Waals surface area contributed by atoms with Crippen molar-refractivity contribution in [1.29, 1.82) is 5.26 Å². The molecule has 0 fully saturated rings. The molecule has 0 aliphatic heterocycles. The van der Waals surface area contributed by atoms with Crippen molar-refractivity contribution >= 4 is 13.5 Å². The maximum absolute atomic E-state index is 9.10. The third-order valence-electron chi connectivity index (χ3n) is 2.26. The Morgan fingerprint density at radius 1 is 1.19 bits per heavy atom. The summed E-state index contributed by atoms with van der Waals surface area (Å²) in [7, 11) is -2.00. The van der Waals surface area contributed by atoms with Gasteiger partial charge in [-0.05, 0) is 45.1 Å². The molecule has 0 spiro atoms. The van der Waals surface area contributed by atoms with Crippen LogP contribution in [0.1, 0.15) is 26.3 Å². The van der Waals surface area contributed by atoms with Gasteiger partial charge in [0.05, 0.1) is 11.6 Å². The number of rotatable bonds is 2. The smallest absolute Gasteiger partial charge is 0.220 e. The summed E-state index contributed by atoms with van der Waals surface area (Å²) >= 11 is 0. The molecule has 0 aromatic heterocycles. The van der Waals surface area contributed by atoms with Crippen LogP contribution in [0, 0.1) is 11.3 Å². The standard InChI is InChI=1S/C13H19NOSi/c1-13(2,3)15-16(4,5)12-9-7-6-8-11(12)10-14/h6-9H,1-5H3. The minimum Gasteiger partial charge on any atom is -0.408 e. The predicted octanol–water partition coefficient (Wildman–Crippen LogP) is 2.79.